The Morgan fingerprint density at radius 2 is 0.476 bits per heavy atom. The molecule has 3 nitrogen and oxygen atoms in total. The third kappa shape index (κ3) is 22.7. The first-order valence-corrected chi connectivity index (χ1v) is 20.9. The second kappa shape index (κ2) is 35.3. The van der Waals surface area contributed by atoms with E-state index in [9.17, 15) is 17.3 Å². The molecule has 0 aromatic heterocycles. The fourth-order valence-corrected chi connectivity index (χ4v) is 10.1. The second-order valence-corrected chi connectivity index (χ2v) is 16.2. The summed E-state index contributed by atoms with van der Waals surface area (Å²) in [4.78, 5) is 0. The van der Waals surface area contributed by atoms with Crippen LogP contribution in [0.2, 0.25) is 0 Å². The molecule has 12 heteroatoms. The zero-order valence-electron chi connectivity index (χ0n) is 33.3. The number of rotatable bonds is 7. The Balaban J connectivity index is 0.000000823. The molecule has 0 unspecified atom stereocenters. The summed E-state index contributed by atoms with van der Waals surface area (Å²) >= 11 is 0. The molecule has 8 rings (SSSR count). The van der Waals surface area contributed by atoms with Crippen LogP contribution in [0.4, 0.5) is 17.3 Å². The van der Waals surface area contributed by atoms with Gasteiger partial charge in [0.2, 0.25) is 0 Å². The van der Waals surface area contributed by atoms with E-state index in [1.54, 1.807) is 0 Å². The van der Waals surface area contributed by atoms with E-state index in [1.165, 1.54) is 31.8 Å². The van der Waals surface area contributed by atoms with E-state index in [0.29, 0.717) is 0 Å². The molecule has 8 aromatic carbocycles. The predicted molar refractivity (Wildman–Crippen MR) is 242 cm³/mol. The van der Waals surface area contributed by atoms with Gasteiger partial charge >= 0.3 is 62.2 Å². The normalized spacial score (nSPS) is 9.27. The summed E-state index contributed by atoms with van der Waals surface area (Å²) in [6.45, 7) is 13.5. The summed E-state index contributed by atoms with van der Waals surface area (Å²) in [5.74, 6) is 0. The molecule has 0 fully saturated rings. The average molecular weight is 1100 g/mol. The Hall–Kier alpha value is -5.17. The maximum absolute atomic E-state index is 9.75. The van der Waals surface area contributed by atoms with Crippen molar-refractivity contribution in [1.29, 1.82) is 0 Å². The molecule has 63 heavy (non-hydrogen) atoms. The molecule has 8 aromatic rings. The SMILES string of the molecule is F[B-](F)(F)F.[C-]#[O+].[C-]#[O+].[C-]#[O+].[Mn].[Pt+2].[c-]1ccccc1-c1[c-]cccc1.c1ccc(P(c2ccccc2)c2ccccc2)cc1.c1ccc(P(c2ccccc2)c2ccccc2)cc1. The van der Waals surface area contributed by atoms with Gasteiger partial charge in [0.15, 0.2) is 0 Å². The summed E-state index contributed by atoms with van der Waals surface area (Å²) in [5.41, 5.74) is 2.19. The Morgan fingerprint density at radius 1 is 0.317 bits per heavy atom. The van der Waals surface area contributed by atoms with Gasteiger partial charge < -0.3 is 17.3 Å². The van der Waals surface area contributed by atoms with Gasteiger partial charge in [-0.05, 0) is 47.7 Å². The third-order valence-corrected chi connectivity index (χ3v) is 12.7. The van der Waals surface area contributed by atoms with Crippen LogP contribution < -0.4 is 31.8 Å². The van der Waals surface area contributed by atoms with Crippen molar-refractivity contribution in [3.05, 3.63) is 263 Å². The molecule has 0 atom stereocenters. The fraction of sp³-hybridized carbons (Fsp3) is 0. The smallest absolute Gasteiger partial charge is 0.226 e. The van der Waals surface area contributed by atoms with Gasteiger partial charge in [0.05, 0.1) is 0 Å². The van der Waals surface area contributed by atoms with E-state index in [0.717, 1.165) is 11.1 Å². The summed E-state index contributed by atoms with van der Waals surface area (Å²) in [5, 5.41) is 8.39. The van der Waals surface area contributed by atoms with Crippen LogP contribution >= 0.6 is 15.8 Å². The molecule has 0 bridgehead atoms. The Morgan fingerprint density at radius 3 is 0.619 bits per heavy atom. The topological polar surface area (TPSA) is 59.7 Å². The zero-order valence-corrected chi connectivity index (χ0v) is 38.6. The van der Waals surface area contributed by atoms with E-state index in [2.05, 4.69) is 214 Å². The van der Waals surface area contributed by atoms with Crippen LogP contribution in [0.5, 0.6) is 0 Å². The molecule has 0 N–H and O–H groups in total. The first-order chi connectivity index (χ1) is 29.9. The van der Waals surface area contributed by atoms with Crippen LogP contribution in [-0.4, -0.2) is 7.25 Å². The molecule has 0 spiro atoms. The zero-order chi connectivity index (χ0) is 44.6. The Bertz CT molecular complexity index is 1990. The molecule has 0 amide bonds. The van der Waals surface area contributed by atoms with E-state index in [4.69, 9.17) is 14.0 Å². The average Bonchev–Trinajstić information content (AvgIpc) is 3.34. The van der Waals surface area contributed by atoms with Gasteiger partial charge in [0.1, 0.15) is 0 Å². The van der Waals surface area contributed by atoms with Crippen molar-refractivity contribution in [2.24, 2.45) is 0 Å². The Labute approximate surface area is 395 Å². The van der Waals surface area contributed by atoms with Crippen molar-refractivity contribution in [3.63, 3.8) is 0 Å². The van der Waals surface area contributed by atoms with Gasteiger partial charge in [-0.1, -0.05) is 182 Å². The van der Waals surface area contributed by atoms with Gasteiger partial charge in [-0.15, -0.1) is 12.1 Å². The summed E-state index contributed by atoms with van der Waals surface area (Å²) in [6.07, 6.45) is 0. The molecule has 0 aliphatic heterocycles. The number of halogens is 4. The molecular formula is C51H38BF4MnO3P2Pt-. The van der Waals surface area contributed by atoms with Crippen LogP contribution in [-0.2, 0) is 52.1 Å². The van der Waals surface area contributed by atoms with Crippen LogP contribution in [0.3, 0.4) is 0 Å². The van der Waals surface area contributed by atoms with Crippen LogP contribution in [0.1, 0.15) is 0 Å². The molecule has 0 heterocycles. The minimum atomic E-state index is -6.00. The number of hydrogen-bond acceptors (Lipinski definition) is 0. The third-order valence-electron chi connectivity index (χ3n) is 7.79. The molecule has 319 valence electrons. The first kappa shape index (κ1) is 57.8. The van der Waals surface area contributed by atoms with Gasteiger partial charge in [-0.3, -0.25) is 0 Å². The van der Waals surface area contributed by atoms with Crippen molar-refractivity contribution >= 4 is 54.9 Å². The van der Waals surface area contributed by atoms with Crippen molar-refractivity contribution in [3.8, 4) is 11.1 Å². The van der Waals surface area contributed by atoms with E-state index in [1.807, 2.05) is 48.5 Å². The quantitative estimate of drug-likeness (QED) is 0.0502. The van der Waals surface area contributed by atoms with Crippen molar-refractivity contribution in [2.75, 3.05) is 0 Å². The molecule has 0 saturated heterocycles. The van der Waals surface area contributed by atoms with Crippen LogP contribution in [0.25, 0.3) is 11.1 Å². The summed E-state index contributed by atoms with van der Waals surface area (Å²) < 4.78 is 61.5. The van der Waals surface area contributed by atoms with Crippen LogP contribution in [0, 0.1) is 32.1 Å². The molecule has 0 aliphatic carbocycles. The van der Waals surface area contributed by atoms with E-state index in [-0.39, 0.29) is 38.1 Å². The largest absolute Gasteiger partial charge is 2.00 e. The summed E-state index contributed by atoms with van der Waals surface area (Å²) in [7, 11) is -6.89. The molecule has 1 radical (unpaired) electrons. The minimum absolute atomic E-state index is 0. The predicted octanol–water partition coefficient (Wildman–Crippen LogP) is 11.0. The standard InChI is InChI=1S/2C18H15P.C12H8.3CO.BF4.Mn.Pt/c2*1-4-10-16(11-5-1)19(17-12-6-2-7-13-17)18-14-8-3-9-15-18;1-3-7-11(8-4-1)12-9-5-2-6-10-12;3*1-2;2-1(3,4)5;;/h2*1-15H;1-7,9H;;;;;;/q;;-2;;;;-1;;+2. The van der Waals surface area contributed by atoms with E-state index >= 15 is 0 Å². The molecule has 0 saturated carbocycles. The number of hydrogen-bond donors (Lipinski definition) is 0. The van der Waals surface area contributed by atoms with Crippen molar-refractivity contribution < 1.29 is 69.4 Å². The molecule has 0 aliphatic rings. The van der Waals surface area contributed by atoms with Crippen molar-refractivity contribution in [2.45, 2.75) is 0 Å². The monoisotopic (exact) mass is 1100 g/mol. The van der Waals surface area contributed by atoms with Gasteiger partial charge in [-0.25, -0.2) is 11.1 Å². The fourth-order valence-electron chi connectivity index (χ4n) is 5.48. The summed E-state index contributed by atoms with van der Waals surface area (Å²) in [6, 6.07) is 86.8. The number of benzene rings is 8. The minimum Gasteiger partial charge on any atom is -0.226 e. The van der Waals surface area contributed by atoms with Crippen LogP contribution in [0.15, 0.2) is 231 Å². The molecular weight excluding hydrogens is 1060 g/mol. The first-order valence-electron chi connectivity index (χ1n) is 18.2. The second-order valence-electron chi connectivity index (χ2n) is 11.7. The van der Waals surface area contributed by atoms with Gasteiger partial charge in [0.25, 0.3) is 0 Å². The maximum Gasteiger partial charge on any atom is 2.00 e. The maximum atomic E-state index is 9.75. The van der Waals surface area contributed by atoms with E-state index < -0.39 is 23.1 Å². The van der Waals surface area contributed by atoms with Gasteiger partial charge in [-0.2, -0.15) is 48.5 Å². The van der Waals surface area contributed by atoms with Gasteiger partial charge in [0, 0.05) is 17.1 Å². The van der Waals surface area contributed by atoms with Crippen molar-refractivity contribution in [1.82, 2.24) is 0 Å². The Kier molecular flexibility index (Phi) is 32.4.